The first-order chi connectivity index (χ1) is 27.3. The van der Waals surface area contributed by atoms with Gasteiger partial charge in [-0.25, -0.2) is 9.78 Å². The molecule has 5 aromatic rings. The molecule has 0 unspecified atom stereocenters. The molecule has 2 heterocycles. The third-order valence-electron chi connectivity index (χ3n) is 8.52. The van der Waals surface area contributed by atoms with E-state index in [1.807, 2.05) is 12.1 Å². The van der Waals surface area contributed by atoms with Gasteiger partial charge in [-0.1, -0.05) is 23.7 Å². The summed E-state index contributed by atoms with van der Waals surface area (Å²) in [5, 5.41) is 14.1. The number of nitrogens with one attached hydrogen (secondary N) is 5. The van der Waals surface area contributed by atoms with Crippen LogP contribution in [0.15, 0.2) is 91.5 Å². The van der Waals surface area contributed by atoms with Crippen LogP contribution in [0.3, 0.4) is 0 Å². The fraction of sp³-hybridized carbons (Fsp3) is 0.243. The molecular formula is C37H34ClF3N10O6. The van der Waals surface area contributed by atoms with Gasteiger partial charge in [-0.15, -0.1) is 0 Å². The Labute approximate surface area is 327 Å². The van der Waals surface area contributed by atoms with Crippen LogP contribution in [0.2, 0.25) is 5.02 Å². The number of ether oxygens (including phenoxy) is 2. The zero-order chi connectivity index (χ0) is 40.6. The average molecular weight is 807 g/mol. The van der Waals surface area contributed by atoms with Crippen LogP contribution in [0.25, 0.3) is 5.69 Å². The number of nitrogens with zero attached hydrogens (tertiary/aromatic N) is 5. The van der Waals surface area contributed by atoms with Gasteiger partial charge in [-0.3, -0.25) is 14.4 Å². The smallest absolute Gasteiger partial charge is 0.422 e. The number of rotatable bonds is 15. The molecule has 2 aromatic heterocycles. The summed E-state index contributed by atoms with van der Waals surface area (Å²) in [7, 11) is 1.13. The third-order valence-corrected chi connectivity index (χ3v) is 8.78. The summed E-state index contributed by atoms with van der Waals surface area (Å²) >= 11 is 6.03. The van der Waals surface area contributed by atoms with E-state index in [-0.39, 0.29) is 30.4 Å². The normalized spacial score (nSPS) is 13.4. The number of alkyl halides is 3. The van der Waals surface area contributed by atoms with Gasteiger partial charge >= 0.3 is 30.0 Å². The van der Waals surface area contributed by atoms with E-state index in [2.05, 4.69) is 46.5 Å². The van der Waals surface area contributed by atoms with Crippen LogP contribution in [-0.4, -0.2) is 80.7 Å². The fourth-order valence-corrected chi connectivity index (χ4v) is 5.59. The zero-order valence-electron chi connectivity index (χ0n) is 30.0. The van der Waals surface area contributed by atoms with Gasteiger partial charge in [-0.05, 0) is 85.5 Å². The highest BCUT2D eigenvalue weighted by molar-refractivity contribution is 6.39. The molecule has 0 radical (unpaired) electrons. The predicted octanol–water partition coefficient (Wildman–Crippen LogP) is 4.91. The number of esters is 1. The summed E-state index contributed by atoms with van der Waals surface area (Å²) in [4.78, 5) is 66.8. The van der Waals surface area contributed by atoms with E-state index in [1.165, 1.54) is 24.3 Å². The molecule has 0 bridgehead atoms. The number of methoxy groups -OCH3 is 1. The summed E-state index contributed by atoms with van der Waals surface area (Å²) in [6.07, 6.45) is 1.66. The lowest BCUT2D eigenvalue weighted by Crippen LogP contribution is -2.44. The van der Waals surface area contributed by atoms with Gasteiger partial charge in [0.15, 0.2) is 6.61 Å². The molecule has 1 fully saturated rings. The van der Waals surface area contributed by atoms with Crippen molar-refractivity contribution in [3.05, 3.63) is 108 Å². The number of carbonyl (C=O) groups is 4. The van der Waals surface area contributed by atoms with Crippen molar-refractivity contribution in [2.24, 2.45) is 0 Å². The summed E-state index contributed by atoms with van der Waals surface area (Å²) in [6.45, 7) is -1.79. The van der Waals surface area contributed by atoms with Crippen LogP contribution >= 0.6 is 11.6 Å². The van der Waals surface area contributed by atoms with E-state index in [1.54, 1.807) is 59.7 Å². The van der Waals surface area contributed by atoms with Crippen LogP contribution in [0.4, 0.5) is 36.4 Å². The molecule has 296 valence electrons. The van der Waals surface area contributed by atoms with Gasteiger partial charge in [0, 0.05) is 46.6 Å². The number of anilines is 4. The topological polar surface area (TPSA) is 203 Å². The second-order valence-corrected chi connectivity index (χ2v) is 13.1. The van der Waals surface area contributed by atoms with Gasteiger partial charge in [0.2, 0.25) is 11.9 Å². The first kappa shape index (κ1) is 39.9. The van der Waals surface area contributed by atoms with Crippen LogP contribution in [0.5, 0.6) is 6.01 Å². The Balaban J connectivity index is 1.04. The van der Waals surface area contributed by atoms with Crippen molar-refractivity contribution in [1.29, 1.82) is 0 Å². The van der Waals surface area contributed by atoms with E-state index < -0.39 is 54.1 Å². The molecule has 6 rings (SSSR count). The Morgan fingerprint density at radius 1 is 0.895 bits per heavy atom. The maximum Gasteiger partial charge on any atom is 0.422 e. The summed E-state index contributed by atoms with van der Waals surface area (Å²) < 4.78 is 50.3. The maximum absolute atomic E-state index is 13.1. The standard InChI is InChI=1S/C37H34ClF3N10O6/c1-56-32(55)28(14-17-43-30(53)31(54)44-25-10-12-27(13-11-25)51-19-18-42-21-51)46-29(52)22-2-8-26(9-3-22)45-33-47-34(49-35(48-33)57-20-37(39,40)41)50-36(15-16-36)23-4-6-24(38)7-5-23/h2-13,18-19,21,28H,14-17,20H2,1H3,(H,43,53)(H,44,54)(H,46,52)(H2,45,47,48,49,50)/t28-/m0/s1. The van der Waals surface area contributed by atoms with E-state index in [0.29, 0.717) is 29.2 Å². The number of aromatic nitrogens is 5. The minimum Gasteiger partial charge on any atom is -0.467 e. The van der Waals surface area contributed by atoms with Crippen LogP contribution in [0, 0.1) is 0 Å². The third kappa shape index (κ3) is 10.9. The molecule has 16 nitrogen and oxygen atoms in total. The molecular weight excluding hydrogens is 773 g/mol. The second-order valence-electron chi connectivity index (χ2n) is 12.7. The predicted molar refractivity (Wildman–Crippen MR) is 200 cm³/mol. The number of benzene rings is 3. The van der Waals surface area contributed by atoms with Crippen molar-refractivity contribution in [1.82, 2.24) is 35.1 Å². The first-order valence-corrected chi connectivity index (χ1v) is 17.6. The van der Waals surface area contributed by atoms with Crippen molar-refractivity contribution in [2.75, 3.05) is 36.2 Å². The van der Waals surface area contributed by atoms with Crippen molar-refractivity contribution in [3.8, 4) is 11.7 Å². The van der Waals surface area contributed by atoms with Crippen molar-refractivity contribution in [2.45, 2.75) is 37.0 Å². The lowest BCUT2D eigenvalue weighted by molar-refractivity contribution is -0.154. The average Bonchev–Trinajstić information content (AvgIpc) is 3.75. The van der Waals surface area contributed by atoms with Gasteiger partial charge in [0.1, 0.15) is 6.04 Å². The Morgan fingerprint density at radius 3 is 2.21 bits per heavy atom. The van der Waals surface area contributed by atoms with Crippen LogP contribution in [0.1, 0.15) is 35.2 Å². The van der Waals surface area contributed by atoms with Crippen LogP contribution in [-0.2, 0) is 24.7 Å². The summed E-state index contributed by atoms with van der Waals surface area (Å²) in [6, 6.07) is 17.9. The molecule has 1 saturated carbocycles. The number of imidazole rings is 1. The molecule has 1 aliphatic rings. The molecule has 1 atom stereocenters. The van der Waals surface area contributed by atoms with Gasteiger partial charge in [0.05, 0.1) is 19.0 Å². The first-order valence-electron chi connectivity index (χ1n) is 17.2. The highest BCUT2D eigenvalue weighted by atomic mass is 35.5. The number of amides is 3. The molecule has 57 heavy (non-hydrogen) atoms. The number of hydrogen-bond donors (Lipinski definition) is 5. The molecule has 5 N–H and O–H groups in total. The Morgan fingerprint density at radius 2 is 1.58 bits per heavy atom. The van der Waals surface area contributed by atoms with Crippen molar-refractivity contribution >= 4 is 58.6 Å². The lowest BCUT2D eigenvalue weighted by atomic mass is 10.1. The lowest BCUT2D eigenvalue weighted by Gasteiger charge is -2.19. The Hall–Kier alpha value is -6.76. The van der Waals surface area contributed by atoms with Gasteiger partial charge in [0.25, 0.3) is 5.91 Å². The minimum atomic E-state index is -4.64. The highest BCUT2D eigenvalue weighted by Crippen LogP contribution is 2.48. The molecule has 0 spiro atoms. The highest BCUT2D eigenvalue weighted by Gasteiger charge is 2.45. The van der Waals surface area contributed by atoms with E-state index in [9.17, 15) is 32.3 Å². The zero-order valence-corrected chi connectivity index (χ0v) is 30.7. The number of halogens is 4. The molecule has 1 aliphatic carbocycles. The van der Waals surface area contributed by atoms with E-state index in [0.717, 1.165) is 18.4 Å². The van der Waals surface area contributed by atoms with E-state index in [4.69, 9.17) is 21.1 Å². The monoisotopic (exact) mass is 806 g/mol. The number of carbonyl (C=O) groups excluding carboxylic acids is 4. The fourth-order valence-electron chi connectivity index (χ4n) is 5.47. The maximum atomic E-state index is 13.1. The molecule has 3 amide bonds. The van der Waals surface area contributed by atoms with Crippen LogP contribution < -0.4 is 31.3 Å². The van der Waals surface area contributed by atoms with E-state index >= 15 is 0 Å². The number of hydrogen-bond acceptors (Lipinski definition) is 12. The van der Waals surface area contributed by atoms with Crippen molar-refractivity contribution in [3.63, 3.8) is 0 Å². The van der Waals surface area contributed by atoms with Gasteiger partial charge in [-0.2, -0.15) is 28.1 Å². The summed E-state index contributed by atoms with van der Waals surface area (Å²) in [5.41, 5.74) is 1.99. The largest absolute Gasteiger partial charge is 0.467 e. The Kier molecular flexibility index (Phi) is 12.2. The SMILES string of the molecule is COC(=O)[C@H](CCNC(=O)C(=O)Nc1ccc(-n2ccnc2)cc1)NC(=O)c1ccc(Nc2nc(NC3(c4ccc(Cl)cc4)CC3)nc(OCC(F)(F)F)n2)cc1. The van der Waals surface area contributed by atoms with Crippen molar-refractivity contribution < 1.29 is 41.8 Å². The molecule has 0 aliphatic heterocycles. The molecule has 20 heteroatoms. The molecule has 0 saturated heterocycles. The second kappa shape index (κ2) is 17.4. The quantitative estimate of drug-likeness (QED) is 0.0708. The summed E-state index contributed by atoms with van der Waals surface area (Å²) in [5.74, 6) is -3.51. The minimum absolute atomic E-state index is 0.0319. The molecule has 3 aromatic carbocycles. The van der Waals surface area contributed by atoms with Gasteiger partial charge < -0.3 is 40.6 Å². The Bertz CT molecular complexity index is 2200.